The van der Waals surface area contributed by atoms with Gasteiger partial charge in [-0.2, -0.15) is 0 Å². The highest BCUT2D eigenvalue weighted by Gasteiger charge is 2.25. The van der Waals surface area contributed by atoms with Crippen molar-refractivity contribution in [2.24, 2.45) is 11.7 Å². The fourth-order valence-corrected chi connectivity index (χ4v) is 3.27. The van der Waals surface area contributed by atoms with Crippen LogP contribution in [0.1, 0.15) is 29.5 Å². The van der Waals surface area contributed by atoms with E-state index in [2.05, 4.69) is 18.2 Å². The van der Waals surface area contributed by atoms with Crippen molar-refractivity contribution in [3.63, 3.8) is 0 Å². The van der Waals surface area contributed by atoms with Crippen LogP contribution in [0.25, 0.3) is 0 Å². The summed E-state index contributed by atoms with van der Waals surface area (Å²) in [7, 11) is 0. The average molecular weight is 295 g/mol. The Kier molecular flexibility index (Phi) is 5.06. The van der Waals surface area contributed by atoms with Crippen LogP contribution < -0.4 is 5.73 Å². The third-order valence-electron chi connectivity index (χ3n) is 4.49. The molecular formula is C16H23ClN2O. The first-order chi connectivity index (χ1) is 9.26. The minimum absolute atomic E-state index is 0. The second kappa shape index (κ2) is 6.59. The predicted molar refractivity (Wildman–Crippen MR) is 83.2 cm³/mol. The van der Waals surface area contributed by atoms with E-state index >= 15 is 0 Å². The lowest BCUT2D eigenvalue weighted by molar-refractivity contribution is -0.129. The van der Waals surface area contributed by atoms with Gasteiger partial charge in [-0.15, -0.1) is 12.4 Å². The molecule has 1 aromatic carbocycles. The number of carbonyl (C=O) groups is 1. The minimum atomic E-state index is 0. The van der Waals surface area contributed by atoms with Gasteiger partial charge in [0, 0.05) is 13.1 Å². The smallest absolute Gasteiger partial charge is 0.226 e. The average Bonchev–Trinajstić information content (AvgIpc) is 3.06. The number of fused-ring (bicyclic) bond motifs is 1. The molecule has 0 saturated carbocycles. The van der Waals surface area contributed by atoms with Gasteiger partial charge >= 0.3 is 0 Å². The Labute approximate surface area is 126 Å². The van der Waals surface area contributed by atoms with Crippen LogP contribution in [-0.2, 0) is 24.1 Å². The molecule has 0 bridgehead atoms. The summed E-state index contributed by atoms with van der Waals surface area (Å²) in [5.74, 6) is 0.762. The largest absolute Gasteiger partial charge is 0.342 e. The molecule has 1 aliphatic carbocycles. The van der Waals surface area contributed by atoms with Crippen LogP contribution in [0, 0.1) is 5.92 Å². The summed E-state index contributed by atoms with van der Waals surface area (Å²) in [6.07, 6.45) is 5.25. The van der Waals surface area contributed by atoms with Gasteiger partial charge in [-0.25, -0.2) is 0 Å². The van der Waals surface area contributed by atoms with Crippen LogP contribution in [0.5, 0.6) is 0 Å². The van der Waals surface area contributed by atoms with Crippen LogP contribution in [0.15, 0.2) is 18.2 Å². The minimum Gasteiger partial charge on any atom is -0.342 e. The van der Waals surface area contributed by atoms with E-state index in [1.54, 1.807) is 0 Å². The first-order valence-corrected chi connectivity index (χ1v) is 7.35. The third-order valence-corrected chi connectivity index (χ3v) is 4.49. The van der Waals surface area contributed by atoms with Crippen molar-refractivity contribution in [2.45, 2.75) is 32.1 Å². The first-order valence-electron chi connectivity index (χ1n) is 7.35. The summed E-state index contributed by atoms with van der Waals surface area (Å²) in [4.78, 5) is 14.2. The lowest BCUT2D eigenvalue weighted by Gasteiger charge is -2.16. The molecule has 3 nitrogen and oxygen atoms in total. The van der Waals surface area contributed by atoms with Crippen LogP contribution in [0.3, 0.4) is 0 Å². The molecule has 20 heavy (non-hydrogen) atoms. The molecule has 1 aliphatic heterocycles. The van der Waals surface area contributed by atoms with Gasteiger partial charge in [0.15, 0.2) is 0 Å². The molecule has 0 aromatic heterocycles. The molecule has 1 atom stereocenters. The highest BCUT2D eigenvalue weighted by atomic mass is 35.5. The van der Waals surface area contributed by atoms with Gasteiger partial charge in [0.05, 0.1) is 6.42 Å². The van der Waals surface area contributed by atoms with Crippen molar-refractivity contribution < 1.29 is 4.79 Å². The molecule has 1 unspecified atom stereocenters. The Bertz CT molecular complexity index is 489. The van der Waals surface area contributed by atoms with Gasteiger partial charge in [-0.05, 0) is 54.8 Å². The van der Waals surface area contributed by atoms with E-state index in [1.807, 2.05) is 4.90 Å². The fraction of sp³-hybridized carbons (Fsp3) is 0.562. The number of hydrogen-bond acceptors (Lipinski definition) is 2. The number of aryl methyl sites for hydroxylation is 2. The quantitative estimate of drug-likeness (QED) is 0.926. The van der Waals surface area contributed by atoms with E-state index in [0.717, 1.165) is 19.5 Å². The molecule has 1 heterocycles. The van der Waals surface area contributed by atoms with E-state index < -0.39 is 0 Å². The molecule has 2 N–H and O–H groups in total. The van der Waals surface area contributed by atoms with Crippen LogP contribution >= 0.6 is 12.4 Å². The summed E-state index contributed by atoms with van der Waals surface area (Å²) < 4.78 is 0. The van der Waals surface area contributed by atoms with Gasteiger partial charge in [-0.1, -0.05) is 18.2 Å². The van der Waals surface area contributed by atoms with Crippen molar-refractivity contribution in [3.8, 4) is 0 Å². The molecule has 1 fully saturated rings. The predicted octanol–water partition coefficient (Wildman–Crippen LogP) is 1.95. The fourth-order valence-electron chi connectivity index (χ4n) is 3.27. The summed E-state index contributed by atoms with van der Waals surface area (Å²) in [6.45, 7) is 2.43. The van der Waals surface area contributed by atoms with Crippen molar-refractivity contribution in [3.05, 3.63) is 34.9 Å². The number of likely N-dealkylation sites (tertiary alicyclic amines) is 1. The SMILES string of the molecule is Cl.NCC1CCN(C(=O)Cc2ccc3c(c2)CCC3)C1. The monoisotopic (exact) mass is 294 g/mol. The van der Waals surface area contributed by atoms with Gasteiger partial charge in [0.25, 0.3) is 0 Å². The summed E-state index contributed by atoms with van der Waals surface area (Å²) in [6, 6.07) is 6.56. The Morgan fingerprint density at radius 2 is 2.10 bits per heavy atom. The van der Waals surface area contributed by atoms with Crippen molar-refractivity contribution in [1.82, 2.24) is 4.90 Å². The number of nitrogens with zero attached hydrogens (tertiary/aromatic N) is 1. The number of hydrogen-bond donors (Lipinski definition) is 1. The number of amides is 1. The number of rotatable bonds is 3. The maximum Gasteiger partial charge on any atom is 0.226 e. The Morgan fingerprint density at radius 3 is 2.85 bits per heavy atom. The van der Waals surface area contributed by atoms with Gasteiger partial charge in [-0.3, -0.25) is 4.79 Å². The molecule has 0 spiro atoms. The topological polar surface area (TPSA) is 46.3 Å². The third kappa shape index (κ3) is 3.15. The molecule has 1 saturated heterocycles. The number of benzene rings is 1. The van der Waals surface area contributed by atoms with Crippen molar-refractivity contribution >= 4 is 18.3 Å². The van der Waals surface area contributed by atoms with Crippen LogP contribution in [0.4, 0.5) is 0 Å². The van der Waals surface area contributed by atoms with E-state index in [9.17, 15) is 4.79 Å². The number of carbonyl (C=O) groups excluding carboxylic acids is 1. The second-order valence-electron chi connectivity index (χ2n) is 5.86. The van der Waals surface area contributed by atoms with Crippen LogP contribution in [-0.4, -0.2) is 30.4 Å². The second-order valence-corrected chi connectivity index (χ2v) is 5.86. The Balaban J connectivity index is 0.00000147. The maximum absolute atomic E-state index is 12.3. The van der Waals surface area contributed by atoms with Gasteiger partial charge < -0.3 is 10.6 Å². The zero-order valence-electron chi connectivity index (χ0n) is 11.8. The molecule has 3 rings (SSSR count). The highest BCUT2D eigenvalue weighted by Crippen LogP contribution is 2.23. The van der Waals surface area contributed by atoms with Crippen LogP contribution in [0.2, 0.25) is 0 Å². The Morgan fingerprint density at radius 1 is 1.30 bits per heavy atom. The zero-order valence-corrected chi connectivity index (χ0v) is 12.6. The molecule has 4 heteroatoms. The maximum atomic E-state index is 12.3. The molecule has 1 aromatic rings. The molecule has 2 aliphatic rings. The highest BCUT2D eigenvalue weighted by molar-refractivity contribution is 5.85. The summed E-state index contributed by atoms with van der Waals surface area (Å²) in [5.41, 5.74) is 9.76. The zero-order chi connectivity index (χ0) is 13.2. The van der Waals surface area contributed by atoms with E-state index in [0.29, 0.717) is 18.9 Å². The molecule has 1 amide bonds. The number of nitrogens with two attached hydrogens (primary N) is 1. The first kappa shape index (κ1) is 15.3. The molecule has 0 radical (unpaired) electrons. The van der Waals surface area contributed by atoms with Crippen molar-refractivity contribution in [2.75, 3.05) is 19.6 Å². The molecular weight excluding hydrogens is 272 g/mol. The normalized spacial score (nSPS) is 20.6. The van der Waals surface area contributed by atoms with Gasteiger partial charge in [0.2, 0.25) is 5.91 Å². The molecule has 110 valence electrons. The summed E-state index contributed by atoms with van der Waals surface area (Å²) >= 11 is 0. The standard InChI is InChI=1S/C16H22N2O.ClH/c17-10-13-6-7-18(11-13)16(19)9-12-4-5-14-2-1-3-15(14)8-12;/h4-5,8,13H,1-3,6-7,9-11,17H2;1H. The van der Waals surface area contributed by atoms with E-state index in [4.69, 9.17) is 5.73 Å². The Hall–Kier alpha value is -1.06. The summed E-state index contributed by atoms with van der Waals surface area (Å²) in [5, 5.41) is 0. The lowest BCUT2D eigenvalue weighted by atomic mass is 10.0. The van der Waals surface area contributed by atoms with E-state index in [-0.39, 0.29) is 18.3 Å². The van der Waals surface area contributed by atoms with Gasteiger partial charge in [0.1, 0.15) is 0 Å². The van der Waals surface area contributed by atoms with Crippen molar-refractivity contribution in [1.29, 1.82) is 0 Å². The lowest BCUT2D eigenvalue weighted by Crippen LogP contribution is -2.31. The number of halogens is 1. The van der Waals surface area contributed by atoms with E-state index in [1.165, 1.54) is 36.0 Å².